The number of hydrogen-bond donors (Lipinski definition) is 0. The summed E-state index contributed by atoms with van der Waals surface area (Å²) in [6, 6.07) is 4.23. The van der Waals surface area contributed by atoms with Gasteiger partial charge in [-0.2, -0.15) is 12.4 Å². The Morgan fingerprint density at radius 1 is 1.19 bits per heavy atom. The quantitative estimate of drug-likeness (QED) is 0.495. The van der Waals surface area contributed by atoms with E-state index >= 15 is 0 Å². The van der Waals surface area contributed by atoms with E-state index in [2.05, 4.69) is 44.8 Å². The number of hydrogen-bond acceptors (Lipinski definition) is 0. The maximum absolute atomic E-state index is 4.57. The van der Waals surface area contributed by atoms with Gasteiger partial charge in [0.2, 0.25) is 0 Å². The molecule has 0 aliphatic carbocycles. The average molecular weight is 508 g/mol. The van der Waals surface area contributed by atoms with E-state index < -0.39 is 0 Å². The minimum Gasteiger partial charge on any atom is -0.731 e. The zero-order chi connectivity index (χ0) is 10.3. The van der Waals surface area contributed by atoms with Crippen molar-refractivity contribution in [3.05, 3.63) is 48.4 Å². The molecule has 2 aromatic rings. The first-order valence-electron chi connectivity index (χ1n) is 4.82. The molecule has 0 aliphatic heterocycles. The molecule has 0 unspecified atom stereocenters. The number of rotatable bonds is 1. The third-order valence-electron chi connectivity index (χ3n) is 2.72. The van der Waals surface area contributed by atoms with Crippen LogP contribution in [0, 0.1) is 58.8 Å². The minimum atomic E-state index is 0. The summed E-state index contributed by atoms with van der Waals surface area (Å²) in [6.45, 7) is 12.1. The van der Waals surface area contributed by atoms with Crippen LogP contribution in [-0.2, 0) is 6.42 Å². The minimum absolute atomic E-state index is 0. The van der Waals surface area contributed by atoms with Gasteiger partial charge in [-0.15, -0.1) is 10.9 Å². The zero-order valence-corrected chi connectivity index (χ0v) is 19.3. The Hall–Kier alpha value is 1.49. The Morgan fingerprint density at radius 3 is 2.25 bits per heavy atom. The van der Waals surface area contributed by atoms with E-state index in [1.54, 1.807) is 0 Å². The van der Waals surface area contributed by atoms with Crippen molar-refractivity contribution in [2.45, 2.75) is 20.3 Å². The molecule has 0 spiro atoms. The summed E-state index contributed by atoms with van der Waals surface area (Å²) >= 11 is 0. The predicted octanol–water partition coefficient (Wildman–Crippen LogP) is -0.0234. The smallest absolute Gasteiger partial charge is 0.731 e. The van der Waals surface area contributed by atoms with Crippen LogP contribution in [0.3, 0.4) is 0 Å². The molecule has 3 heteroatoms. The van der Waals surface area contributed by atoms with Gasteiger partial charge in [-0.25, -0.2) is 12.0 Å². The van der Waals surface area contributed by atoms with Crippen molar-refractivity contribution >= 4 is 10.9 Å². The predicted molar refractivity (Wildman–Crippen MR) is 60.3 cm³/mol. The van der Waals surface area contributed by atoms with Crippen LogP contribution in [0.15, 0.2) is 12.1 Å². The fourth-order valence-electron chi connectivity index (χ4n) is 1.87. The second-order valence-electron chi connectivity index (χ2n) is 3.71. The van der Waals surface area contributed by atoms with E-state index in [1.807, 2.05) is 0 Å². The maximum Gasteiger partial charge on any atom is 2.00 e. The van der Waals surface area contributed by atoms with Crippen molar-refractivity contribution in [3.63, 3.8) is 0 Å². The van der Waals surface area contributed by atoms with Crippen molar-refractivity contribution < 1.29 is 89.3 Å². The summed E-state index contributed by atoms with van der Waals surface area (Å²) in [7, 11) is 0. The molecule has 0 bridgehead atoms. The fraction of sp³-hybridized carbons (Fsp3) is 0.231. The van der Waals surface area contributed by atoms with Gasteiger partial charge in [0.1, 0.15) is 0 Å². The molecule has 1 aromatic carbocycles. The third-order valence-corrected chi connectivity index (χ3v) is 2.72. The van der Waals surface area contributed by atoms with E-state index in [-0.39, 0.29) is 89.3 Å². The van der Waals surface area contributed by atoms with Crippen LogP contribution < -0.4 is 63.2 Å². The van der Waals surface area contributed by atoms with E-state index in [1.165, 1.54) is 16.5 Å². The summed E-state index contributed by atoms with van der Waals surface area (Å²) in [5.74, 6) is 0. The molecule has 0 atom stereocenters. The molecule has 1 nitrogen and oxygen atoms in total. The Balaban J connectivity index is 0.00000112. The zero-order valence-electron chi connectivity index (χ0n) is 10.2. The molecule has 16 heavy (non-hydrogen) atoms. The number of aromatic nitrogens is 1. The van der Waals surface area contributed by atoms with Crippen LogP contribution in [-0.4, -0.2) is 0 Å². The second kappa shape index (κ2) is 7.17. The Labute approximate surface area is 170 Å². The number of nitrogens with zero attached hydrogens (tertiary/aromatic N) is 1. The van der Waals surface area contributed by atoms with Crippen molar-refractivity contribution in [2.75, 3.05) is 0 Å². The standard InChI is InChI=1S/C13H14N.Rb.U/c1-5-11-10(4)12-8(2)6-7-9(3)13(12)14-11;;/h6-7H,1,4-5H2,2-3H3;;/q-3;+1;+2. The van der Waals surface area contributed by atoms with Crippen LogP contribution in [0.5, 0.6) is 0 Å². The van der Waals surface area contributed by atoms with Crippen molar-refractivity contribution in [2.24, 2.45) is 0 Å². The Morgan fingerprint density at radius 2 is 1.75 bits per heavy atom. The molecule has 0 amide bonds. The molecule has 0 radical (unpaired) electrons. The number of benzene rings is 1. The first-order chi connectivity index (χ1) is 6.65. The summed E-state index contributed by atoms with van der Waals surface area (Å²) in [6.07, 6.45) is 0.715. The summed E-state index contributed by atoms with van der Waals surface area (Å²) in [5, 5.41) is 1.21. The van der Waals surface area contributed by atoms with Gasteiger partial charge in [-0.05, 0) is 6.92 Å². The number of aryl methyl sites for hydroxylation is 2. The maximum atomic E-state index is 4.57. The molecule has 2 rings (SSSR count). The second-order valence-corrected chi connectivity index (χ2v) is 3.71. The summed E-state index contributed by atoms with van der Waals surface area (Å²) < 4.78 is 0. The van der Waals surface area contributed by atoms with Crippen molar-refractivity contribution in [1.82, 2.24) is 4.98 Å². The first-order valence-corrected chi connectivity index (χ1v) is 4.82. The molecule has 1 heterocycles. The summed E-state index contributed by atoms with van der Waals surface area (Å²) in [4.78, 5) is 4.57. The molecule has 0 N–H and O–H groups in total. The first kappa shape index (κ1) is 17.5. The Kier molecular flexibility index (Phi) is 7.83. The fourth-order valence-corrected chi connectivity index (χ4v) is 1.87. The van der Waals surface area contributed by atoms with Crippen LogP contribution >= 0.6 is 0 Å². The Bertz CT molecular complexity index is 488. The molecular weight excluding hydrogens is 494 g/mol. The molecular formula is C13H14NRbU. The van der Waals surface area contributed by atoms with Crippen LogP contribution in [0.1, 0.15) is 22.4 Å². The molecule has 1 aromatic heterocycles. The van der Waals surface area contributed by atoms with Crippen LogP contribution in [0.25, 0.3) is 10.9 Å². The molecule has 0 saturated heterocycles. The summed E-state index contributed by atoms with van der Waals surface area (Å²) in [5.41, 5.74) is 5.64. The monoisotopic (exact) mass is 507 g/mol. The van der Waals surface area contributed by atoms with Crippen molar-refractivity contribution in [3.8, 4) is 0 Å². The van der Waals surface area contributed by atoms with Crippen molar-refractivity contribution in [1.29, 1.82) is 0 Å². The normalized spacial score (nSPS) is 9.69. The van der Waals surface area contributed by atoms with Gasteiger partial charge in [-0.1, -0.05) is 24.6 Å². The number of fused-ring (bicyclic) bond motifs is 1. The largest absolute Gasteiger partial charge is 2.00 e. The van der Waals surface area contributed by atoms with E-state index in [4.69, 9.17) is 0 Å². The molecule has 76 valence electrons. The van der Waals surface area contributed by atoms with Gasteiger partial charge in [0.15, 0.2) is 0 Å². The van der Waals surface area contributed by atoms with Gasteiger partial charge in [-0.3, -0.25) is 0 Å². The molecule has 0 aliphatic rings. The topological polar surface area (TPSA) is 14.1 Å². The van der Waals surface area contributed by atoms with Crippen LogP contribution in [0.2, 0.25) is 0 Å². The van der Waals surface area contributed by atoms with E-state index in [0.717, 1.165) is 16.8 Å². The van der Waals surface area contributed by atoms with Gasteiger partial charge >= 0.3 is 89.3 Å². The van der Waals surface area contributed by atoms with Gasteiger partial charge in [0, 0.05) is 0 Å². The van der Waals surface area contributed by atoms with E-state index in [9.17, 15) is 0 Å². The molecule has 0 saturated carbocycles. The third kappa shape index (κ3) is 3.08. The van der Waals surface area contributed by atoms with E-state index in [0.29, 0.717) is 6.42 Å². The van der Waals surface area contributed by atoms with Gasteiger partial charge in [0.25, 0.3) is 0 Å². The SMILES string of the molecule is [CH2-]Cc1[n-]c2c(C)ccc(C)c2c1[CH2-].[Rb+].[U+2]. The molecule has 0 fully saturated rings. The average Bonchev–Trinajstić information content (AvgIpc) is 2.51. The van der Waals surface area contributed by atoms with Gasteiger partial charge < -0.3 is 17.6 Å². The van der Waals surface area contributed by atoms with Gasteiger partial charge in [0.05, 0.1) is 0 Å². The van der Waals surface area contributed by atoms with Crippen LogP contribution in [0.4, 0.5) is 0 Å².